The monoisotopic (exact) mass is 262 g/mol. The summed E-state index contributed by atoms with van der Waals surface area (Å²) in [7, 11) is 0. The molecule has 0 radical (unpaired) electrons. The zero-order valence-corrected chi connectivity index (χ0v) is 10.3. The Morgan fingerprint density at radius 2 is 2.17 bits per heavy atom. The summed E-state index contributed by atoms with van der Waals surface area (Å²) in [4.78, 5) is 26.9. The molecule has 92 valence electrons. The first-order chi connectivity index (χ1) is 8.59. The molecule has 0 fully saturated rings. The van der Waals surface area contributed by atoms with Crippen molar-refractivity contribution in [3.63, 3.8) is 0 Å². The molecular formula is C12H10N2O3S. The van der Waals surface area contributed by atoms with Gasteiger partial charge in [0, 0.05) is 6.20 Å². The van der Waals surface area contributed by atoms with Gasteiger partial charge in [-0.3, -0.25) is 9.78 Å². The molecule has 2 rings (SSSR count). The van der Waals surface area contributed by atoms with Gasteiger partial charge in [-0.1, -0.05) is 6.07 Å². The highest BCUT2D eigenvalue weighted by molar-refractivity contribution is 7.12. The van der Waals surface area contributed by atoms with Crippen molar-refractivity contribution in [2.75, 3.05) is 5.32 Å². The molecule has 2 aromatic rings. The van der Waals surface area contributed by atoms with Crippen molar-refractivity contribution in [1.29, 1.82) is 0 Å². The number of carboxylic acids is 1. The predicted molar refractivity (Wildman–Crippen MR) is 68.2 cm³/mol. The fourth-order valence-corrected chi connectivity index (χ4v) is 2.27. The van der Waals surface area contributed by atoms with E-state index in [2.05, 4.69) is 10.3 Å². The zero-order chi connectivity index (χ0) is 13.1. The number of aromatic carboxylic acids is 1. The van der Waals surface area contributed by atoms with E-state index in [1.165, 1.54) is 6.20 Å². The van der Waals surface area contributed by atoms with Crippen LogP contribution in [0, 0.1) is 6.92 Å². The lowest BCUT2D eigenvalue weighted by atomic mass is 10.2. The van der Waals surface area contributed by atoms with Crippen LogP contribution in [0.5, 0.6) is 0 Å². The van der Waals surface area contributed by atoms with Gasteiger partial charge in [0.2, 0.25) is 0 Å². The highest BCUT2D eigenvalue weighted by atomic mass is 32.1. The second-order valence-corrected chi connectivity index (χ2v) is 4.48. The molecule has 0 aromatic carbocycles. The van der Waals surface area contributed by atoms with Crippen molar-refractivity contribution in [2.24, 2.45) is 0 Å². The molecule has 2 aromatic heterocycles. The van der Waals surface area contributed by atoms with Gasteiger partial charge in [-0.15, -0.1) is 11.3 Å². The first-order valence-corrected chi connectivity index (χ1v) is 6.01. The third-order valence-corrected chi connectivity index (χ3v) is 3.39. The van der Waals surface area contributed by atoms with Crippen LogP contribution in [0.25, 0.3) is 0 Å². The van der Waals surface area contributed by atoms with Gasteiger partial charge in [0.05, 0.1) is 5.69 Å². The van der Waals surface area contributed by atoms with Gasteiger partial charge >= 0.3 is 5.97 Å². The summed E-state index contributed by atoms with van der Waals surface area (Å²) in [5, 5.41) is 13.3. The van der Waals surface area contributed by atoms with Gasteiger partial charge in [0.1, 0.15) is 10.6 Å². The molecule has 0 aliphatic carbocycles. The number of aryl methyl sites for hydroxylation is 1. The fraction of sp³-hybridized carbons (Fsp3) is 0.0833. The van der Waals surface area contributed by atoms with E-state index in [0.29, 0.717) is 5.69 Å². The highest BCUT2D eigenvalue weighted by Crippen LogP contribution is 2.27. The van der Waals surface area contributed by atoms with E-state index in [1.807, 2.05) is 0 Å². The molecule has 0 unspecified atom stereocenters. The lowest BCUT2D eigenvalue weighted by Crippen LogP contribution is -2.15. The van der Waals surface area contributed by atoms with Crippen LogP contribution in [0.2, 0.25) is 0 Å². The smallest absolute Gasteiger partial charge is 0.348 e. The maximum absolute atomic E-state index is 11.9. The first kappa shape index (κ1) is 12.3. The van der Waals surface area contributed by atoms with E-state index in [1.54, 1.807) is 30.5 Å². The molecule has 0 saturated carbocycles. The molecule has 0 aliphatic heterocycles. The maximum atomic E-state index is 11.9. The van der Waals surface area contributed by atoms with Gasteiger partial charge in [-0.25, -0.2) is 4.79 Å². The number of anilines is 1. The fourth-order valence-electron chi connectivity index (χ4n) is 1.43. The van der Waals surface area contributed by atoms with Crippen LogP contribution in [-0.4, -0.2) is 22.0 Å². The van der Waals surface area contributed by atoms with Crippen LogP contribution in [0.15, 0.2) is 29.8 Å². The molecule has 5 nitrogen and oxygen atoms in total. The second kappa shape index (κ2) is 4.97. The summed E-state index contributed by atoms with van der Waals surface area (Å²) < 4.78 is 0. The molecule has 0 saturated heterocycles. The quantitative estimate of drug-likeness (QED) is 0.890. The van der Waals surface area contributed by atoms with Crippen LogP contribution in [0.3, 0.4) is 0 Å². The Balaban J connectivity index is 2.27. The van der Waals surface area contributed by atoms with Gasteiger partial charge in [0.15, 0.2) is 0 Å². The Bertz CT molecular complexity index is 593. The van der Waals surface area contributed by atoms with Crippen molar-refractivity contribution in [3.8, 4) is 0 Å². The zero-order valence-electron chi connectivity index (χ0n) is 9.51. The van der Waals surface area contributed by atoms with Crippen molar-refractivity contribution in [1.82, 2.24) is 4.98 Å². The Hall–Kier alpha value is -2.21. The van der Waals surface area contributed by atoms with Crippen LogP contribution in [-0.2, 0) is 0 Å². The Kier molecular flexibility index (Phi) is 3.38. The number of nitrogens with one attached hydrogen (secondary N) is 1. The van der Waals surface area contributed by atoms with E-state index in [-0.39, 0.29) is 10.6 Å². The summed E-state index contributed by atoms with van der Waals surface area (Å²) in [5.74, 6) is -1.47. The number of aromatic nitrogens is 1. The van der Waals surface area contributed by atoms with Crippen LogP contribution < -0.4 is 5.32 Å². The summed E-state index contributed by atoms with van der Waals surface area (Å²) in [5.41, 5.74) is 1.31. The topological polar surface area (TPSA) is 79.3 Å². The van der Waals surface area contributed by atoms with Crippen molar-refractivity contribution >= 4 is 28.9 Å². The molecule has 2 N–H and O–H groups in total. The van der Waals surface area contributed by atoms with Gasteiger partial charge in [-0.05, 0) is 30.0 Å². The number of carboxylic acid groups (broad SMARTS) is 1. The van der Waals surface area contributed by atoms with Gasteiger partial charge in [0.25, 0.3) is 5.91 Å². The number of carbonyl (C=O) groups excluding carboxylic acids is 1. The molecule has 0 bridgehead atoms. The van der Waals surface area contributed by atoms with E-state index < -0.39 is 11.9 Å². The molecule has 2 heterocycles. The SMILES string of the molecule is Cc1csc(C(=O)O)c1NC(=O)c1ccccn1. The Morgan fingerprint density at radius 3 is 2.78 bits per heavy atom. The number of hydrogen-bond acceptors (Lipinski definition) is 4. The molecular weight excluding hydrogens is 252 g/mol. The largest absolute Gasteiger partial charge is 0.477 e. The predicted octanol–water partition coefficient (Wildman–Crippen LogP) is 2.40. The summed E-state index contributed by atoms with van der Waals surface area (Å²) in [6.45, 7) is 1.75. The maximum Gasteiger partial charge on any atom is 0.348 e. The van der Waals surface area contributed by atoms with Crippen LogP contribution >= 0.6 is 11.3 Å². The minimum atomic E-state index is -1.05. The third kappa shape index (κ3) is 2.38. The molecule has 18 heavy (non-hydrogen) atoms. The number of thiophene rings is 1. The Labute approximate surface area is 107 Å². The molecule has 1 amide bonds. The number of amides is 1. The van der Waals surface area contributed by atoms with Crippen LogP contribution in [0.1, 0.15) is 25.7 Å². The Morgan fingerprint density at radius 1 is 1.39 bits per heavy atom. The summed E-state index contributed by atoms with van der Waals surface area (Å²) >= 11 is 1.09. The number of carbonyl (C=O) groups is 2. The van der Waals surface area contributed by atoms with E-state index in [4.69, 9.17) is 5.11 Å². The number of hydrogen-bond donors (Lipinski definition) is 2. The molecule has 0 spiro atoms. The summed E-state index contributed by atoms with van der Waals surface area (Å²) in [6, 6.07) is 4.97. The first-order valence-electron chi connectivity index (χ1n) is 5.13. The summed E-state index contributed by atoms with van der Waals surface area (Å²) in [6.07, 6.45) is 1.51. The third-order valence-electron chi connectivity index (χ3n) is 2.31. The van der Waals surface area contributed by atoms with Crippen molar-refractivity contribution in [2.45, 2.75) is 6.92 Å². The lowest BCUT2D eigenvalue weighted by Gasteiger charge is -2.05. The minimum absolute atomic E-state index is 0.122. The average Bonchev–Trinajstić information content (AvgIpc) is 2.72. The normalized spacial score (nSPS) is 10.1. The van der Waals surface area contributed by atoms with Crippen LogP contribution in [0.4, 0.5) is 5.69 Å². The second-order valence-electron chi connectivity index (χ2n) is 3.60. The van der Waals surface area contributed by atoms with E-state index >= 15 is 0 Å². The van der Waals surface area contributed by atoms with Gasteiger partial charge in [-0.2, -0.15) is 0 Å². The minimum Gasteiger partial charge on any atom is -0.477 e. The number of pyridine rings is 1. The van der Waals surface area contributed by atoms with Gasteiger partial charge < -0.3 is 10.4 Å². The van der Waals surface area contributed by atoms with Crippen molar-refractivity contribution in [3.05, 3.63) is 45.9 Å². The number of rotatable bonds is 3. The molecule has 0 aliphatic rings. The van der Waals surface area contributed by atoms with E-state index in [0.717, 1.165) is 16.9 Å². The van der Waals surface area contributed by atoms with E-state index in [9.17, 15) is 9.59 Å². The highest BCUT2D eigenvalue weighted by Gasteiger charge is 2.18. The number of nitrogens with zero attached hydrogens (tertiary/aromatic N) is 1. The molecule has 6 heteroatoms. The standard InChI is InChI=1S/C12H10N2O3S/c1-7-6-18-10(12(16)17)9(7)14-11(15)8-4-2-3-5-13-8/h2-6H,1H3,(H,14,15)(H,16,17). The van der Waals surface area contributed by atoms with Crippen molar-refractivity contribution < 1.29 is 14.7 Å². The lowest BCUT2D eigenvalue weighted by molar-refractivity contribution is 0.0703. The molecule has 0 atom stereocenters. The average molecular weight is 262 g/mol.